The molecule has 0 bridgehead atoms. The maximum absolute atomic E-state index is 4.79. The van der Waals surface area contributed by atoms with E-state index in [1.54, 1.807) is 6.33 Å². The highest BCUT2D eigenvalue weighted by atomic mass is 15.2. The van der Waals surface area contributed by atoms with Gasteiger partial charge in [-0.1, -0.05) is 84.9 Å². The Hall–Kier alpha value is -5.81. The highest BCUT2D eigenvalue weighted by Crippen LogP contribution is 2.54. The van der Waals surface area contributed by atoms with E-state index in [0.29, 0.717) is 0 Å². The van der Waals surface area contributed by atoms with Crippen LogP contribution < -0.4 is 4.90 Å². The first-order valence-corrected chi connectivity index (χ1v) is 14.0. The molecular formula is C37H23N5. The van der Waals surface area contributed by atoms with Gasteiger partial charge in [0.05, 0.1) is 40.0 Å². The molecule has 0 unspecified atom stereocenters. The van der Waals surface area contributed by atoms with Gasteiger partial charge in [0.25, 0.3) is 0 Å². The van der Waals surface area contributed by atoms with E-state index in [9.17, 15) is 0 Å². The van der Waals surface area contributed by atoms with Gasteiger partial charge in [-0.15, -0.1) is 0 Å². The molecule has 1 aliphatic rings. The Bertz CT molecular complexity index is 2300. The van der Waals surface area contributed by atoms with Crippen molar-refractivity contribution in [3.63, 3.8) is 0 Å². The van der Waals surface area contributed by atoms with Gasteiger partial charge in [0.2, 0.25) is 0 Å². The molecule has 0 saturated heterocycles. The molecule has 0 saturated carbocycles. The second-order valence-electron chi connectivity index (χ2n) is 10.6. The van der Waals surface area contributed by atoms with Crippen LogP contribution in [-0.4, -0.2) is 19.5 Å². The number of pyridine rings is 1. The Balaban J connectivity index is 1.41. The Morgan fingerprint density at radius 1 is 0.595 bits per heavy atom. The van der Waals surface area contributed by atoms with Gasteiger partial charge in [0, 0.05) is 39.5 Å². The van der Waals surface area contributed by atoms with Gasteiger partial charge in [0.1, 0.15) is 12.1 Å². The van der Waals surface area contributed by atoms with E-state index >= 15 is 0 Å². The molecular weight excluding hydrogens is 514 g/mol. The Labute approximate surface area is 242 Å². The van der Waals surface area contributed by atoms with Crippen LogP contribution in [0.25, 0.3) is 60.8 Å². The number of fused-ring (bicyclic) bond motifs is 6. The van der Waals surface area contributed by atoms with Crippen molar-refractivity contribution in [2.45, 2.75) is 0 Å². The minimum absolute atomic E-state index is 0.834. The highest BCUT2D eigenvalue weighted by Gasteiger charge is 2.30. The SMILES string of the molecule is c1ccc(-c2cc(-n3c4ccccc4c4c5c(ccc43)-c3cccc4cccc(c34)N5c3cccnc3)ncn2)cc1. The number of benzene rings is 5. The molecule has 8 aromatic rings. The average Bonchev–Trinajstić information content (AvgIpc) is 3.41. The van der Waals surface area contributed by atoms with E-state index < -0.39 is 0 Å². The number of aromatic nitrogens is 4. The molecule has 0 aliphatic carbocycles. The molecule has 0 radical (unpaired) electrons. The highest BCUT2D eigenvalue weighted by molar-refractivity contribution is 6.24. The van der Waals surface area contributed by atoms with E-state index in [1.165, 1.54) is 32.7 Å². The topological polar surface area (TPSA) is 46.8 Å². The fourth-order valence-corrected chi connectivity index (χ4v) is 6.58. The number of anilines is 3. The summed E-state index contributed by atoms with van der Waals surface area (Å²) in [6.45, 7) is 0. The first kappa shape index (κ1) is 22.9. The van der Waals surface area contributed by atoms with E-state index in [0.717, 1.165) is 45.2 Å². The summed E-state index contributed by atoms with van der Waals surface area (Å²) in [5.74, 6) is 0.834. The van der Waals surface area contributed by atoms with Gasteiger partial charge >= 0.3 is 0 Å². The molecule has 4 heterocycles. The van der Waals surface area contributed by atoms with Crippen LogP contribution in [0.15, 0.2) is 140 Å². The smallest absolute Gasteiger partial charge is 0.141 e. The van der Waals surface area contributed by atoms with Gasteiger partial charge in [-0.05, 0) is 41.3 Å². The minimum atomic E-state index is 0.834. The maximum atomic E-state index is 4.79. The van der Waals surface area contributed by atoms with Crippen molar-refractivity contribution in [3.8, 4) is 28.2 Å². The summed E-state index contributed by atoms with van der Waals surface area (Å²) in [6, 6.07) is 42.7. The standard InChI is InChI=1S/C37H23N5/c1-2-9-24(10-3-1)30-21-34(40-23-39-30)42-31-16-5-4-14-29(31)36-33(42)19-18-28-27-15-6-11-25-12-7-17-32(35(25)27)41(37(28)36)26-13-8-20-38-22-26/h1-23H. The quantitative estimate of drug-likeness (QED) is 0.225. The molecule has 42 heavy (non-hydrogen) atoms. The molecule has 3 aromatic heterocycles. The summed E-state index contributed by atoms with van der Waals surface area (Å²) >= 11 is 0. The molecule has 0 spiro atoms. The number of hydrogen-bond donors (Lipinski definition) is 0. The zero-order chi connectivity index (χ0) is 27.6. The molecule has 5 aromatic carbocycles. The largest absolute Gasteiger partial charge is 0.307 e. The van der Waals surface area contributed by atoms with Crippen LogP contribution in [0.3, 0.4) is 0 Å². The summed E-state index contributed by atoms with van der Waals surface area (Å²) in [4.78, 5) is 16.3. The zero-order valence-electron chi connectivity index (χ0n) is 22.5. The van der Waals surface area contributed by atoms with E-state index in [-0.39, 0.29) is 0 Å². The fraction of sp³-hybridized carbons (Fsp3) is 0. The van der Waals surface area contributed by atoms with Gasteiger partial charge in [-0.2, -0.15) is 0 Å². The third-order valence-electron chi connectivity index (χ3n) is 8.30. The molecule has 9 rings (SSSR count). The summed E-state index contributed by atoms with van der Waals surface area (Å²) < 4.78 is 2.27. The van der Waals surface area contributed by atoms with Crippen molar-refractivity contribution in [1.82, 2.24) is 19.5 Å². The molecule has 0 amide bonds. The predicted molar refractivity (Wildman–Crippen MR) is 171 cm³/mol. The van der Waals surface area contributed by atoms with Crippen molar-refractivity contribution in [2.24, 2.45) is 0 Å². The lowest BCUT2D eigenvalue weighted by atomic mass is 9.89. The lowest BCUT2D eigenvalue weighted by Gasteiger charge is -2.34. The maximum Gasteiger partial charge on any atom is 0.141 e. The molecule has 5 heteroatoms. The third-order valence-corrected chi connectivity index (χ3v) is 8.30. The molecule has 0 fully saturated rings. The van der Waals surface area contributed by atoms with Crippen LogP contribution in [0.1, 0.15) is 0 Å². The second-order valence-corrected chi connectivity index (χ2v) is 10.6. The monoisotopic (exact) mass is 537 g/mol. The summed E-state index contributed by atoms with van der Waals surface area (Å²) in [5, 5.41) is 4.83. The van der Waals surface area contributed by atoms with Crippen LogP contribution in [0.2, 0.25) is 0 Å². The van der Waals surface area contributed by atoms with Crippen LogP contribution in [0.5, 0.6) is 0 Å². The number of para-hydroxylation sites is 1. The van der Waals surface area contributed by atoms with Crippen LogP contribution >= 0.6 is 0 Å². The Morgan fingerprint density at radius 2 is 1.45 bits per heavy atom. The lowest BCUT2D eigenvalue weighted by molar-refractivity contribution is 1.04. The molecule has 1 aliphatic heterocycles. The minimum Gasteiger partial charge on any atom is -0.307 e. The van der Waals surface area contributed by atoms with Crippen LogP contribution in [-0.2, 0) is 0 Å². The fourth-order valence-electron chi connectivity index (χ4n) is 6.58. The average molecular weight is 538 g/mol. The first-order valence-electron chi connectivity index (χ1n) is 14.0. The summed E-state index contributed by atoms with van der Waals surface area (Å²) in [6.07, 6.45) is 5.44. The Kier molecular flexibility index (Phi) is 4.83. The number of nitrogens with zero attached hydrogens (tertiary/aromatic N) is 5. The summed E-state index contributed by atoms with van der Waals surface area (Å²) in [5.41, 5.74) is 9.92. The van der Waals surface area contributed by atoms with Crippen molar-refractivity contribution in [3.05, 3.63) is 140 Å². The van der Waals surface area contributed by atoms with Crippen molar-refractivity contribution in [2.75, 3.05) is 4.90 Å². The lowest BCUT2D eigenvalue weighted by Crippen LogP contribution is -2.15. The van der Waals surface area contributed by atoms with Gasteiger partial charge < -0.3 is 4.90 Å². The molecule has 196 valence electrons. The zero-order valence-corrected chi connectivity index (χ0v) is 22.5. The van der Waals surface area contributed by atoms with E-state index in [2.05, 4.69) is 116 Å². The Morgan fingerprint density at radius 3 is 2.33 bits per heavy atom. The normalized spacial score (nSPS) is 12.2. The van der Waals surface area contributed by atoms with Crippen molar-refractivity contribution in [1.29, 1.82) is 0 Å². The number of hydrogen-bond acceptors (Lipinski definition) is 4. The van der Waals surface area contributed by atoms with Gasteiger partial charge in [-0.3, -0.25) is 9.55 Å². The van der Waals surface area contributed by atoms with Crippen molar-refractivity contribution >= 4 is 49.6 Å². The number of rotatable bonds is 3. The van der Waals surface area contributed by atoms with Crippen LogP contribution in [0, 0.1) is 0 Å². The summed E-state index contributed by atoms with van der Waals surface area (Å²) in [7, 11) is 0. The van der Waals surface area contributed by atoms with Crippen LogP contribution in [0.4, 0.5) is 17.1 Å². The van der Waals surface area contributed by atoms with Crippen molar-refractivity contribution < 1.29 is 0 Å². The van der Waals surface area contributed by atoms with Gasteiger partial charge in [-0.25, -0.2) is 9.97 Å². The molecule has 5 nitrogen and oxygen atoms in total. The second kappa shape index (κ2) is 8.85. The van der Waals surface area contributed by atoms with E-state index in [4.69, 9.17) is 4.98 Å². The first-order chi connectivity index (χ1) is 20.9. The molecule has 0 N–H and O–H groups in total. The third kappa shape index (κ3) is 3.22. The van der Waals surface area contributed by atoms with E-state index in [1.807, 2.05) is 36.7 Å². The molecule has 0 atom stereocenters. The predicted octanol–water partition coefficient (Wildman–Crippen LogP) is 9.24. The van der Waals surface area contributed by atoms with Gasteiger partial charge in [0.15, 0.2) is 0 Å².